The van der Waals surface area contributed by atoms with E-state index >= 15 is 0 Å². The fourth-order valence-corrected chi connectivity index (χ4v) is 4.78. The second-order valence-electron chi connectivity index (χ2n) is 8.80. The van der Waals surface area contributed by atoms with Crippen LogP contribution < -0.4 is 16.0 Å². The van der Waals surface area contributed by atoms with Gasteiger partial charge in [-0.1, -0.05) is 6.92 Å². The SMILES string of the molecule is CCc1nc2c(N)nc3cccnc3c2n1CCCCNC(=O)c1ccc(N2CCCC2)cc1. The molecule has 0 radical (unpaired) electrons. The highest BCUT2D eigenvalue weighted by atomic mass is 16.1. The molecule has 1 aliphatic rings. The number of hydrogen-bond acceptors (Lipinski definition) is 6. The van der Waals surface area contributed by atoms with Crippen molar-refractivity contribution in [3.05, 3.63) is 54.0 Å². The summed E-state index contributed by atoms with van der Waals surface area (Å²) in [4.78, 5) is 28.7. The van der Waals surface area contributed by atoms with Crippen molar-refractivity contribution in [1.82, 2.24) is 24.8 Å². The number of imidazole rings is 1. The van der Waals surface area contributed by atoms with Gasteiger partial charge in [-0.15, -0.1) is 0 Å². The van der Waals surface area contributed by atoms with Gasteiger partial charge < -0.3 is 20.5 Å². The van der Waals surface area contributed by atoms with E-state index in [-0.39, 0.29) is 5.91 Å². The number of nitrogens with zero attached hydrogens (tertiary/aromatic N) is 5. The first-order valence-corrected chi connectivity index (χ1v) is 12.2. The van der Waals surface area contributed by atoms with Gasteiger partial charge in [0.15, 0.2) is 5.82 Å². The lowest BCUT2D eigenvalue weighted by Gasteiger charge is -2.17. The summed E-state index contributed by atoms with van der Waals surface area (Å²) in [7, 11) is 0. The van der Waals surface area contributed by atoms with Crippen molar-refractivity contribution in [3.8, 4) is 0 Å². The molecule has 176 valence electrons. The number of anilines is 2. The number of amides is 1. The summed E-state index contributed by atoms with van der Waals surface area (Å²) >= 11 is 0. The summed E-state index contributed by atoms with van der Waals surface area (Å²) in [5.41, 5.74) is 11.4. The van der Waals surface area contributed by atoms with Crippen LogP contribution in [0.25, 0.3) is 22.1 Å². The van der Waals surface area contributed by atoms with E-state index < -0.39 is 0 Å². The van der Waals surface area contributed by atoms with Gasteiger partial charge >= 0.3 is 0 Å². The standard InChI is InChI=1S/C26H31N7O/c1-2-21-31-23-24(22-20(30-25(23)27)8-7-14-28-22)33(21)17-4-3-13-29-26(34)18-9-11-19(12-10-18)32-15-5-6-16-32/h7-12,14H,2-6,13,15-17H2,1H3,(H2,27,30)(H,29,34). The smallest absolute Gasteiger partial charge is 0.251 e. The molecule has 3 N–H and O–H groups in total. The Morgan fingerprint density at radius 3 is 2.62 bits per heavy atom. The molecule has 1 aromatic carbocycles. The number of nitrogens with one attached hydrogen (secondary N) is 1. The van der Waals surface area contributed by atoms with E-state index in [0.717, 1.165) is 61.3 Å². The number of hydrogen-bond donors (Lipinski definition) is 2. The summed E-state index contributed by atoms with van der Waals surface area (Å²) in [6, 6.07) is 11.7. The predicted octanol–water partition coefficient (Wildman–Crippen LogP) is 3.93. The van der Waals surface area contributed by atoms with Gasteiger partial charge in [0.25, 0.3) is 5.91 Å². The van der Waals surface area contributed by atoms with Crippen LogP contribution in [0.2, 0.25) is 0 Å². The summed E-state index contributed by atoms with van der Waals surface area (Å²) in [6.07, 6.45) is 6.83. The number of rotatable bonds is 8. The molecule has 34 heavy (non-hydrogen) atoms. The number of fused-ring (bicyclic) bond motifs is 3. The van der Waals surface area contributed by atoms with Gasteiger partial charge in [0.1, 0.15) is 22.4 Å². The molecule has 8 nitrogen and oxygen atoms in total. The number of aromatic nitrogens is 4. The third-order valence-electron chi connectivity index (χ3n) is 6.55. The van der Waals surface area contributed by atoms with E-state index in [0.29, 0.717) is 23.4 Å². The molecular formula is C26H31N7O. The molecule has 3 aromatic heterocycles. The van der Waals surface area contributed by atoms with Crippen molar-refractivity contribution in [2.45, 2.75) is 45.6 Å². The number of pyridine rings is 2. The van der Waals surface area contributed by atoms with Crippen LogP contribution in [0.15, 0.2) is 42.6 Å². The topological polar surface area (TPSA) is 102 Å². The van der Waals surface area contributed by atoms with E-state index in [4.69, 9.17) is 10.7 Å². The first-order valence-electron chi connectivity index (χ1n) is 12.2. The predicted molar refractivity (Wildman–Crippen MR) is 136 cm³/mol. The van der Waals surface area contributed by atoms with Crippen LogP contribution in [0.5, 0.6) is 0 Å². The zero-order valence-corrected chi connectivity index (χ0v) is 19.6. The maximum Gasteiger partial charge on any atom is 0.251 e. The quantitative estimate of drug-likeness (QED) is 0.389. The Morgan fingerprint density at radius 1 is 1.06 bits per heavy atom. The molecule has 4 aromatic rings. The number of carbonyl (C=O) groups excluding carboxylic acids is 1. The summed E-state index contributed by atoms with van der Waals surface area (Å²) in [5.74, 6) is 1.39. The maximum absolute atomic E-state index is 12.6. The number of unbranched alkanes of at least 4 members (excludes halogenated alkanes) is 1. The number of aryl methyl sites for hydroxylation is 2. The van der Waals surface area contributed by atoms with Crippen molar-refractivity contribution in [2.24, 2.45) is 0 Å². The third kappa shape index (κ3) is 4.27. The van der Waals surface area contributed by atoms with Crippen molar-refractivity contribution < 1.29 is 4.79 Å². The Kier molecular flexibility index (Phi) is 6.29. The first-order chi connectivity index (χ1) is 16.7. The Balaban J connectivity index is 1.21. The van der Waals surface area contributed by atoms with Gasteiger partial charge in [-0.2, -0.15) is 0 Å². The average Bonchev–Trinajstić information content (AvgIpc) is 3.53. The lowest BCUT2D eigenvalue weighted by atomic mass is 10.2. The summed E-state index contributed by atoms with van der Waals surface area (Å²) in [6.45, 7) is 5.71. The van der Waals surface area contributed by atoms with Crippen molar-refractivity contribution in [1.29, 1.82) is 0 Å². The normalized spacial score (nSPS) is 13.7. The Hall–Kier alpha value is -3.68. The minimum absolute atomic E-state index is 0.0238. The van der Waals surface area contributed by atoms with Gasteiger partial charge in [-0.3, -0.25) is 9.78 Å². The summed E-state index contributed by atoms with van der Waals surface area (Å²) in [5, 5.41) is 3.05. The van der Waals surface area contributed by atoms with Gasteiger partial charge in [-0.25, -0.2) is 9.97 Å². The monoisotopic (exact) mass is 457 g/mol. The van der Waals surface area contributed by atoms with Crippen LogP contribution in [0, 0.1) is 0 Å². The molecule has 1 aliphatic heterocycles. The van der Waals surface area contributed by atoms with Crippen LogP contribution in [-0.4, -0.2) is 45.1 Å². The highest BCUT2D eigenvalue weighted by Gasteiger charge is 2.17. The van der Waals surface area contributed by atoms with Crippen LogP contribution >= 0.6 is 0 Å². The number of nitrogens with two attached hydrogens (primary N) is 1. The molecule has 8 heteroatoms. The Morgan fingerprint density at radius 2 is 1.85 bits per heavy atom. The van der Waals surface area contributed by atoms with Crippen molar-refractivity contribution in [3.63, 3.8) is 0 Å². The lowest BCUT2D eigenvalue weighted by Crippen LogP contribution is -2.25. The average molecular weight is 458 g/mol. The van der Waals surface area contributed by atoms with Crippen LogP contribution in [0.3, 0.4) is 0 Å². The molecule has 4 heterocycles. The fourth-order valence-electron chi connectivity index (χ4n) is 4.78. The molecule has 0 atom stereocenters. The largest absolute Gasteiger partial charge is 0.382 e. The van der Waals surface area contributed by atoms with E-state index in [1.807, 2.05) is 24.3 Å². The molecule has 0 spiro atoms. The molecule has 0 saturated carbocycles. The second kappa shape index (κ2) is 9.67. The van der Waals surface area contributed by atoms with Gasteiger partial charge in [0.2, 0.25) is 0 Å². The fraction of sp³-hybridized carbons (Fsp3) is 0.385. The number of benzene rings is 1. The first kappa shape index (κ1) is 22.1. The molecular weight excluding hydrogens is 426 g/mol. The minimum Gasteiger partial charge on any atom is -0.382 e. The maximum atomic E-state index is 12.6. The van der Waals surface area contributed by atoms with E-state index in [9.17, 15) is 4.79 Å². The number of nitrogen functional groups attached to an aromatic ring is 1. The van der Waals surface area contributed by atoms with Crippen molar-refractivity contribution in [2.75, 3.05) is 30.3 Å². The van der Waals surface area contributed by atoms with Gasteiger partial charge in [0, 0.05) is 50.0 Å². The lowest BCUT2D eigenvalue weighted by molar-refractivity contribution is 0.0953. The Labute approximate surface area is 199 Å². The molecule has 1 fully saturated rings. The summed E-state index contributed by atoms with van der Waals surface area (Å²) < 4.78 is 2.21. The van der Waals surface area contributed by atoms with Crippen molar-refractivity contribution >= 4 is 39.5 Å². The van der Waals surface area contributed by atoms with Crippen LogP contribution in [-0.2, 0) is 13.0 Å². The highest BCUT2D eigenvalue weighted by Crippen LogP contribution is 2.28. The Bertz CT molecular complexity index is 1310. The van der Waals surface area contributed by atoms with E-state index in [1.54, 1.807) is 6.20 Å². The minimum atomic E-state index is -0.0238. The molecule has 0 bridgehead atoms. The van der Waals surface area contributed by atoms with Gasteiger partial charge in [-0.05, 0) is 62.1 Å². The van der Waals surface area contributed by atoms with Crippen LogP contribution in [0.4, 0.5) is 11.5 Å². The van der Waals surface area contributed by atoms with Crippen LogP contribution in [0.1, 0.15) is 48.8 Å². The number of carbonyl (C=O) groups is 1. The zero-order chi connectivity index (χ0) is 23.5. The molecule has 0 aliphatic carbocycles. The molecule has 1 amide bonds. The van der Waals surface area contributed by atoms with Gasteiger partial charge in [0.05, 0.1) is 5.52 Å². The second-order valence-corrected chi connectivity index (χ2v) is 8.80. The van der Waals surface area contributed by atoms with E-state index in [2.05, 4.69) is 43.8 Å². The molecule has 5 rings (SSSR count). The molecule has 1 saturated heterocycles. The zero-order valence-electron chi connectivity index (χ0n) is 19.6. The third-order valence-corrected chi connectivity index (χ3v) is 6.55. The highest BCUT2D eigenvalue weighted by molar-refractivity contribution is 6.04. The molecule has 0 unspecified atom stereocenters. The van der Waals surface area contributed by atoms with E-state index in [1.165, 1.54) is 18.5 Å².